The van der Waals surface area contributed by atoms with Crippen LogP contribution in [0.2, 0.25) is 0 Å². The molecule has 1 aromatic rings. The molecular weight excluding hydrogens is 194 g/mol. The van der Waals surface area contributed by atoms with E-state index in [-0.39, 0.29) is 0 Å². The lowest BCUT2D eigenvalue weighted by molar-refractivity contribution is -0.144. The fourth-order valence-electron chi connectivity index (χ4n) is 1.87. The molecule has 80 valence electrons. The number of nitrogens with two attached hydrogens (primary N) is 1. The number of carboxylic acid groups (broad SMARTS) is 1. The highest BCUT2D eigenvalue weighted by Gasteiger charge is 2.41. The molecule has 0 saturated carbocycles. The predicted octanol–water partition coefficient (Wildman–Crippen LogP) is 1.02. The van der Waals surface area contributed by atoms with E-state index in [1.807, 2.05) is 13.0 Å². The molecule has 1 unspecified atom stereocenters. The van der Waals surface area contributed by atoms with Crippen LogP contribution < -0.4 is 10.5 Å². The molecule has 0 aliphatic carbocycles. The minimum atomic E-state index is -1.31. The van der Waals surface area contributed by atoms with Crippen molar-refractivity contribution in [3.63, 3.8) is 0 Å². The van der Waals surface area contributed by atoms with Gasteiger partial charge in [0.1, 0.15) is 11.3 Å². The molecule has 0 fully saturated rings. The van der Waals surface area contributed by atoms with Crippen LogP contribution in [-0.4, -0.2) is 17.7 Å². The van der Waals surface area contributed by atoms with Crippen molar-refractivity contribution >= 4 is 5.97 Å². The number of carboxylic acids is 1. The molecule has 1 heterocycles. The Hall–Kier alpha value is -1.55. The molecule has 0 amide bonds. The van der Waals surface area contributed by atoms with Crippen molar-refractivity contribution in [2.45, 2.75) is 18.9 Å². The predicted molar refractivity (Wildman–Crippen MR) is 54.8 cm³/mol. The van der Waals surface area contributed by atoms with E-state index in [4.69, 9.17) is 15.6 Å². The summed E-state index contributed by atoms with van der Waals surface area (Å²) in [6, 6.07) is 5.40. The Morgan fingerprint density at radius 2 is 2.33 bits per heavy atom. The second-order valence-corrected chi connectivity index (χ2v) is 3.83. The lowest BCUT2D eigenvalue weighted by Crippen LogP contribution is -2.48. The number of hydrogen-bond acceptors (Lipinski definition) is 3. The zero-order valence-electron chi connectivity index (χ0n) is 8.49. The first-order chi connectivity index (χ1) is 7.05. The molecule has 0 saturated heterocycles. The van der Waals surface area contributed by atoms with Crippen molar-refractivity contribution in [1.29, 1.82) is 0 Å². The Morgan fingerprint density at radius 1 is 1.60 bits per heavy atom. The van der Waals surface area contributed by atoms with Gasteiger partial charge < -0.3 is 15.6 Å². The molecule has 1 aliphatic heterocycles. The summed E-state index contributed by atoms with van der Waals surface area (Å²) in [4.78, 5) is 11.2. The Balaban J connectivity index is 2.61. The average Bonchev–Trinajstić information content (AvgIpc) is 2.20. The van der Waals surface area contributed by atoms with Crippen LogP contribution in [0.5, 0.6) is 5.75 Å². The van der Waals surface area contributed by atoms with Crippen LogP contribution >= 0.6 is 0 Å². The second-order valence-electron chi connectivity index (χ2n) is 3.83. The van der Waals surface area contributed by atoms with E-state index in [2.05, 4.69) is 0 Å². The Labute approximate surface area is 87.7 Å². The number of ether oxygens (including phenoxy) is 1. The molecule has 1 aliphatic rings. The zero-order valence-corrected chi connectivity index (χ0v) is 8.49. The maximum Gasteiger partial charge on any atom is 0.328 e. The van der Waals surface area contributed by atoms with Crippen LogP contribution in [0.15, 0.2) is 18.2 Å². The van der Waals surface area contributed by atoms with Gasteiger partial charge in [-0.2, -0.15) is 0 Å². The summed E-state index contributed by atoms with van der Waals surface area (Å²) >= 11 is 0. The summed E-state index contributed by atoms with van der Waals surface area (Å²) in [7, 11) is 0. The lowest BCUT2D eigenvalue weighted by Gasteiger charge is -2.32. The fourth-order valence-corrected chi connectivity index (χ4v) is 1.87. The van der Waals surface area contributed by atoms with E-state index >= 15 is 0 Å². The highest BCUT2D eigenvalue weighted by molar-refractivity contribution is 5.82. The monoisotopic (exact) mass is 207 g/mol. The van der Waals surface area contributed by atoms with Crippen molar-refractivity contribution in [2.75, 3.05) is 6.61 Å². The molecule has 15 heavy (non-hydrogen) atoms. The van der Waals surface area contributed by atoms with E-state index in [0.29, 0.717) is 24.3 Å². The Kier molecular flexibility index (Phi) is 2.16. The molecule has 0 spiro atoms. The number of benzene rings is 1. The number of rotatable bonds is 1. The number of carbonyl (C=O) groups is 1. The van der Waals surface area contributed by atoms with Gasteiger partial charge in [0.25, 0.3) is 0 Å². The molecule has 2 rings (SSSR count). The van der Waals surface area contributed by atoms with Crippen molar-refractivity contribution in [2.24, 2.45) is 5.73 Å². The summed E-state index contributed by atoms with van der Waals surface area (Å²) in [5, 5.41) is 9.15. The lowest BCUT2D eigenvalue weighted by atomic mass is 9.84. The highest BCUT2D eigenvalue weighted by atomic mass is 16.5. The third-order valence-electron chi connectivity index (χ3n) is 2.82. The largest absolute Gasteiger partial charge is 0.493 e. The maximum absolute atomic E-state index is 11.2. The molecular formula is C11H13NO3. The van der Waals surface area contributed by atoms with Gasteiger partial charge in [0.2, 0.25) is 0 Å². The quantitative estimate of drug-likeness (QED) is 0.721. The van der Waals surface area contributed by atoms with Crippen LogP contribution in [0.4, 0.5) is 0 Å². The van der Waals surface area contributed by atoms with Gasteiger partial charge in [-0.3, -0.25) is 0 Å². The fraction of sp³-hybridized carbons (Fsp3) is 0.364. The van der Waals surface area contributed by atoms with E-state index in [9.17, 15) is 4.79 Å². The average molecular weight is 207 g/mol. The maximum atomic E-state index is 11.2. The normalized spacial score (nSPS) is 24.1. The Bertz CT molecular complexity index is 416. The minimum Gasteiger partial charge on any atom is -0.493 e. The Morgan fingerprint density at radius 3 is 3.00 bits per heavy atom. The molecule has 1 atom stereocenters. The highest BCUT2D eigenvalue weighted by Crippen LogP contribution is 2.37. The SMILES string of the molecule is Cc1cccc2c1OCCC2(N)C(=O)O. The first kappa shape index (κ1) is 9.98. The minimum absolute atomic E-state index is 0.304. The number of hydrogen-bond donors (Lipinski definition) is 2. The molecule has 0 aromatic heterocycles. The van der Waals surface area contributed by atoms with Crippen molar-refractivity contribution in [3.8, 4) is 5.75 Å². The summed E-state index contributed by atoms with van der Waals surface area (Å²) < 4.78 is 5.46. The number of fused-ring (bicyclic) bond motifs is 1. The third kappa shape index (κ3) is 1.37. The van der Waals surface area contributed by atoms with Crippen molar-refractivity contribution in [1.82, 2.24) is 0 Å². The van der Waals surface area contributed by atoms with Gasteiger partial charge in [-0.1, -0.05) is 18.2 Å². The van der Waals surface area contributed by atoms with Gasteiger partial charge in [-0.25, -0.2) is 4.79 Å². The smallest absolute Gasteiger partial charge is 0.328 e. The molecule has 0 bridgehead atoms. The van der Waals surface area contributed by atoms with E-state index in [1.54, 1.807) is 12.1 Å². The number of aliphatic carboxylic acids is 1. The topological polar surface area (TPSA) is 72.5 Å². The summed E-state index contributed by atoms with van der Waals surface area (Å²) in [6.07, 6.45) is 0.304. The van der Waals surface area contributed by atoms with E-state index < -0.39 is 11.5 Å². The second kappa shape index (κ2) is 3.24. The van der Waals surface area contributed by atoms with Crippen LogP contribution in [0.3, 0.4) is 0 Å². The number of para-hydroxylation sites is 1. The van der Waals surface area contributed by atoms with Gasteiger partial charge in [-0.05, 0) is 12.5 Å². The van der Waals surface area contributed by atoms with Gasteiger partial charge in [0.15, 0.2) is 0 Å². The van der Waals surface area contributed by atoms with E-state index in [0.717, 1.165) is 5.56 Å². The van der Waals surface area contributed by atoms with Gasteiger partial charge in [0, 0.05) is 12.0 Å². The van der Waals surface area contributed by atoms with Crippen LogP contribution in [0.1, 0.15) is 17.5 Å². The summed E-state index contributed by atoms with van der Waals surface area (Å²) in [6.45, 7) is 2.23. The van der Waals surface area contributed by atoms with Gasteiger partial charge in [-0.15, -0.1) is 0 Å². The summed E-state index contributed by atoms with van der Waals surface area (Å²) in [5.74, 6) is -0.383. The van der Waals surface area contributed by atoms with Crippen molar-refractivity contribution in [3.05, 3.63) is 29.3 Å². The van der Waals surface area contributed by atoms with Crippen LogP contribution in [-0.2, 0) is 10.3 Å². The van der Waals surface area contributed by atoms with Crippen LogP contribution in [0.25, 0.3) is 0 Å². The first-order valence-electron chi connectivity index (χ1n) is 4.81. The van der Waals surface area contributed by atoms with Crippen LogP contribution in [0, 0.1) is 6.92 Å². The zero-order chi connectivity index (χ0) is 11.1. The molecule has 3 N–H and O–H groups in total. The molecule has 1 aromatic carbocycles. The number of aryl methyl sites for hydroxylation is 1. The van der Waals surface area contributed by atoms with Gasteiger partial charge >= 0.3 is 5.97 Å². The molecule has 4 heteroatoms. The molecule has 4 nitrogen and oxygen atoms in total. The van der Waals surface area contributed by atoms with Gasteiger partial charge in [0.05, 0.1) is 6.61 Å². The standard InChI is InChI=1S/C11H13NO3/c1-7-3-2-4-8-9(7)15-6-5-11(8,12)10(13)14/h2-4H,5-6,12H2,1H3,(H,13,14). The molecule has 0 radical (unpaired) electrons. The first-order valence-corrected chi connectivity index (χ1v) is 4.81. The van der Waals surface area contributed by atoms with Crippen molar-refractivity contribution < 1.29 is 14.6 Å². The third-order valence-corrected chi connectivity index (χ3v) is 2.82. The van der Waals surface area contributed by atoms with E-state index in [1.165, 1.54) is 0 Å². The summed E-state index contributed by atoms with van der Waals surface area (Å²) in [5.41, 5.74) is 6.09.